The van der Waals surface area contributed by atoms with E-state index >= 15 is 0 Å². The molecule has 3 rings (SSSR count). The molecule has 0 aliphatic heterocycles. The van der Waals surface area contributed by atoms with Crippen molar-refractivity contribution in [2.24, 2.45) is 11.7 Å². The number of nitrogens with two attached hydrogens (primary N) is 2. The van der Waals surface area contributed by atoms with Crippen LogP contribution < -0.4 is 33.2 Å². The first-order valence-electron chi connectivity index (χ1n) is 9.17. The van der Waals surface area contributed by atoms with E-state index < -0.39 is 11.6 Å². The van der Waals surface area contributed by atoms with Crippen LogP contribution in [0.4, 0.5) is 0 Å². The molecule has 0 heterocycles. The zero-order valence-electron chi connectivity index (χ0n) is 17.1. The van der Waals surface area contributed by atoms with Gasteiger partial charge in [0.1, 0.15) is 0 Å². The summed E-state index contributed by atoms with van der Waals surface area (Å²) in [5.74, 6) is 8.99. The smallest absolute Gasteiger partial charge is 0.234 e. The molecule has 0 saturated heterocycles. The van der Waals surface area contributed by atoms with Crippen LogP contribution in [0.3, 0.4) is 0 Å². The Balaban J connectivity index is 0.000000510. The average Bonchev–Trinajstić information content (AvgIpc) is 2.78. The first-order valence-corrected chi connectivity index (χ1v) is 9.99. The number of nitrogens with one attached hydrogen (secondary N) is 4. The summed E-state index contributed by atoms with van der Waals surface area (Å²) in [6.45, 7) is 5.51. The molecular weight excluding hydrogens is 479 g/mol. The predicted molar refractivity (Wildman–Crippen MR) is 128 cm³/mol. The van der Waals surface area contributed by atoms with Crippen molar-refractivity contribution in [2.75, 3.05) is 13.1 Å². The van der Waals surface area contributed by atoms with Crippen molar-refractivity contribution in [1.82, 2.24) is 21.5 Å². The minimum atomic E-state index is -0.408. The van der Waals surface area contributed by atoms with Crippen molar-refractivity contribution >= 4 is 46.2 Å². The molecule has 0 aromatic heterocycles. The second-order valence-electron chi connectivity index (χ2n) is 5.76. The molecule has 11 heteroatoms. The number of rotatable bonds is 2. The van der Waals surface area contributed by atoms with Crippen LogP contribution in [0.1, 0.15) is 34.6 Å². The third kappa shape index (κ3) is 8.68. The van der Waals surface area contributed by atoms with Gasteiger partial charge in [-0.25, -0.2) is 11.7 Å². The van der Waals surface area contributed by atoms with Gasteiger partial charge in [0, 0.05) is 40.7 Å². The normalized spacial score (nSPS) is 10.3. The summed E-state index contributed by atoms with van der Waals surface area (Å²) < 4.78 is 0. The Morgan fingerprint density at radius 3 is 1.23 bits per heavy atom. The maximum atomic E-state index is 11.8. The minimum absolute atomic E-state index is 0. The van der Waals surface area contributed by atoms with Gasteiger partial charge < -0.3 is 21.5 Å². The molecule has 1 aliphatic carbocycles. The van der Waals surface area contributed by atoms with Crippen molar-refractivity contribution in [3.8, 4) is 11.1 Å². The maximum absolute atomic E-state index is 11.8. The molecule has 2 aromatic rings. The van der Waals surface area contributed by atoms with Gasteiger partial charge in [-0.05, 0) is 49.4 Å². The number of hydrogen-bond acceptors (Lipinski definition) is 6. The molecule has 0 spiro atoms. The molecule has 0 fully saturated rings. The van der Waals surface area contributed by atoms with E-state index in [0.29, 0.717) is 21.4 Å². The fourth-order valence-corrected chi connectivity index (χ4v) is 2.79. The van der Waals surface area contributed by atoms with Crippen LogP contribution in [0, 0.1) is 0 Å². The Kier molecular flexibility index (Phi) is 14.2. The Morgan fingerprint density at radius 2 is 1.00 bits per heavy atom. The fourth-order valence-electron chi connectivity index (χ4n) is 2.50. The van der Waals surface area contributed by atoms with E-state index in [2.05, 4.69) is 45.9 Å². The third-order valence-electron chi connectivity index (χ3n) is 3.78. The second-order valence-corrected chi connectivity index (χ2v) is 6.57. The number of thiocarbonyl (C=S) groups is 2. The van der Waals surface area contributed by atoms with Crippen molar-refractivity contribution in [3.05, 3.63) is 59.7 Å². The molecule has 0 atom stereocenters. The quantitative estimate of drug-likeness (QED) is 0.117. The third-order valence-corrected chi connectivity index (χ3v) is 4.30. The van der Waals surface area contributed by atoms with Gasteiger partial charge in [0.2, 0.25) is 11.6 Å². The maximum Gasteiger partial charge on any atom is 0.234 e. The molecule has 31 heavy (non-hydrogen) atoms. The van der Waals surface area contributed by atoms with E-state index in [1.165, 1.54) is 0 Å². The van der Waals surface area contributed by atoms with E-state index in [9.17, 15) is 9.59 Å². The van der Waals surface area contributed by atoms with Gasteiger partial charge in [0.05, 0.1) is 0 Å². The number of carbonyl (C=O) groups is 2. The van der Waals surface area contributed by atoms with Crippen LogP contribution >= 0.6 is 24.4 Å². The molecule has 0 radical (unpaired) electrons. The Bertz CT molecular complexity index is 837. The first kappa shape index (κ1) is 28.6. The van der Waals surface area contributed by atoms with Crippen LogP contribution in [0.15, 0.2) is 48.5 Å². The van der Waals surface area contributed by atoms with Gasteiger partial charge in [0.15, 0.2) is 10.2 Å². The Hall–Kier alpha value is -2.43. The molecule has 1 aliphatic rings. The summed E-state index contributed by atoms with van der Waals surface area (Å²) in [5.41, 5.74) is 7.28. The monoisotopic (exact) mass is 504 g/mol. The Labute approximate surface area is 202 Å². The zero-order valence-corrected chi connectivity index (χ0v) is 19.8. The van der Waals surface area contributed by atoms with Gasteiger partial charge in [-0.15, -0.1) is 0 Å². The number of hydrogen-bond donors (Lipinski definition) is 6. The standard InChI is InChI=1S/C14H8O2.2C3H9N3S.Ni/c15-13-11-7-3-1-5-9(11)10-6-2-4-8-12(10)14(13)16;2*1-2-5-3(7)6-4;/h1-8H;2*2,4H2,1H3,(H2,5,6,7);. The van der Waals surface area contributed by atoms with Crippen LogP contribution in [0.5, 0.6) is 0 Å². The van der Waals surface area contributed by atoms with Crippen molar-refractivity contribution in [1.29, 1.82) is 0 Å². The molecule has 0 unspecified atom stereocenters. The molecular formula is C20H26N6NiO2S2. The summed E-state index contributed by atoms with van der Waals surface area (Å²) in [6.07, 6.45) is 0. The number of fused-ring (bicyclic) bond motifs is 3. The van der Waals surface area contributed by atoms with Gasteiger partial charge >= 0.3 is 0 Å². The molecule has 8 nitrogen and oxygen atoms in total. The van der Waals surface area contributed by atoms with Crippen molar-refractivity contribution < 1.29 is 26.1 Å². The van der Waals surface area contributed by atoms with Crippen LogP contribution in [-0.2, 0) is 16.5 Å². The summed E-state index contributed by atoms with van der Waals surface area (Å²) in [4.78, 5) is 23.7. The summed E-state index contributed by atoms with van der Waals surface area (Å²) >= 11 is 9.21. The van der Waals surface area contributed by atoms with Gasteiger partial charge in [-0.3, -0.25) is 9.59 Å². The van der Waals surface area contributed by atoms with Gasteiger partial charge in [-0.2, -0.15) is 0 Å². The zero-order chi connectivity index (χ0) is 22.5. The summed E-state index contributed by atoms with van der Waals surface area (Å²) in [7, 11) is 0. The number of carbonyl (C=O) groups excluding carboxylic acids is 2. The predicted octanol–water partition coefficient (Wildman–Crippen LogP) is 1.42. The number of benzene rings is 2. The van der Waals surface area contributed by atoms with Crippen LogP contribution in [0.2, 0.25) is 0 Å². The number of Topliss-reactive ketones (excluding diaryl/α,β-unsaturated/α-hetero) is 2. The molecule has 0 saturated carbocycles. The van der Waals surface area contributed by atoms with Crippen molar-refractivity contribution in [3.63, 3.8) is 0 Å². The number of ketones is 2. The van der Waals surface area contributed by atoms with E-state index in [1.807, 2.05) is 38.1 Å². The molecule has 0 amide bonds. The van der Waals surface area contributed by atoms with Crippen LogP contribution in [0.25, 0.3) is 11.1 Å². The van der Waals surface area contributed by atoms with E-state index in [0.717, 1.165) is 24.2 Å². The fraction of sp³-hybridized carbons (Fsp3) is 0.200. The molecule has 8 N–H and O–H groups in total. The molecule has 2 aromatic carbocycles. The van der Waals surface area contributed by atoms with Crippen LogP contribution in [-0.4, -0.2) is 34.9 Å². The van der Waals surface area contributed by atoms with Gasteiger partial charge in [-0.1, -0.05) is 48.5 Å². The van der Waals surface area contributed by atoms with Crippen molar-refractivity contribution in [2.45, 2.75) is 13.8 Å². The topological polar surface area (TPSA) is 134 Å². The van der Waals surface area contributed by atoms with E-state index in [4.69, 9.17) is 11.7 Å². The second kappa shape index (κ2) is 15.4. The summed E-state index contributed by atoms with van der Waals surface area (Å²) in [5, 5.41) is 6.56. The SMILES string of the molecule is CCNC(=S)NN.CCNC(=S)NN.O=C1C(=O)c2ccccc2-c2ccccc21.[Ni]. The first-order chi connectivity index (χ1) is 14.4. The molecule has 0 bridgehead atoms. The molecule has 170 valence electrons. The largest absolute Gasteiger partial charge is 0.362 e. The minimum Gasteiger partial charge on any atom is -0.362 e. The Morgan fingerprint density at radius 1 is 0.710 bits per heavy atom. The average molecular weight is 505 g/mol. The summed E-state index contributed by atoms with van der Waals surface area (Å²) in [6, 6.07) is 14.4. The van der Waals surface area contributed by atoms with E-state index in [1.54, 1.807) is 24.3 Å². The number of hydrazine groups is 2. The van der Waals surface area contributed by atoms with Gasteiger partial charge in [0.25, 0.3) is 0 Å². The van der Waals surface area contributed by atoms with E-state index in [-0.39, 0.29) is 16.5 Å².